The van der Waals surface area contributed by atoms with E-state index in [9.17, 15) is 9.59 Å². The van der Waals surface area contributed by atoms with Gasteiger partial charge in [0, 0.05) is 24.7 Å². The number of benzene rings is 1. The SMILES string of the molecule is COc1ccc(C(=O)NCCCC(N)=O)c(N)c1. The Labute approximate surface area is 105 Å². The summed E-state index contributed by atoms with van der Waals surface area (Å²) in [5, 5.41) is 2.67. The van der Waals surface area contributed by atoms with Crippen LogP contribution in [-0.4, -0.2) is 25.5 Å². The first-order valence-electron chi connectivity index (χ1n) is 5.54. The van der Waals surface area contributed by atoms with Crippen molar-refractivity contribution in [1.82, 2.24) is 5.32 Å². The van der Waals surface area contributed by atoms with Crippen LogP contribution in [0, 0.1) is 0 Å². The molecule has 0 saturated heterocycles. The molecule has 5 N–H and O–H groups in total. The number of primary amides is 1. The molecule has 2 amide bonds. The Balaban J connectivity index is 2.54. The highest BCUT2D eigenvalue weighted by molar-refractivity contribution is 5.99. The molecule has 0 aliphatic rings. The molecule has 0 heterocycles. The van der Waals surface area contributed by atoms with E-state index < -0.39 is 0 Å². The van der Waals surface area contributed by atoms with Gasteiger partial charge in [-0.25, -0.2) is 0 Å². The van der Waals surface area contributed by atoms with E-state index in [1.165, 1.54) is 7.11 Å². The number of rotatable bonds is 6. The minimum atomic E-state index is -0.381. The van der Waals surface area contributed by atoms with Crippen LogP contribution >= 0.6 is 0 Å². The van der Waals surface area contributed by atoms with Crippen molar-refractivity contribution >= 4 is 17.5 Å². The third kappa shape index (κ3) is 3.97. The zero-order chi connectivity index (χ0) is 13.5. The van der Waals surface area contributed by atoms with Crippen molar-refractivity contribution in [3.63, 3.8) is 0 Å². The molecule has 0 unspecified atom stereocenters. The topological polar surface area (TPSA) is 107 Å². The Morgan fingerprint density at radius 1 is 1.39 bits per heavy atom. The van der Waals surface area contributed by atoms with E-state index in [0.717, 1.165) is 0 Å². The van der Waals surface area contributed by atoms with Gasteiger partial charge in [0.1, 0.15) is 5.75 Å². The fourth-order valence-electron chi connectivity index (χ4n) is 1.43. The second kappa shape index (κ2) is 6.48. The first-order valence-corrected chi connectivity index (χ1v) is 5.54. The van der Waals surface area contributed by atoms with Gasteiger partial charge in [-0.15, -0.1) is 0 Å². The molecule has 0 aromatic heterocycles. The minimum absolute atomic E-state index is 0.248. The maximum Gasteiger partial charge on any atom is 0.253 e. The molecule has 0 radical (unpaired) electrons. The molecule has 0 bridgehead atoms. The quantitative estimate of drug-likeness (QED) is 0.498. The molecule has 18 heavy (non-hydrogen) atoms. The molecule has 0 aliphatic carbocycles. The fourth-order valence-corrected chi connectivity index (χ4v) is 1.43. The number of hydrogen-bond donors (Lipinski definition) is 3. The summed E-state index contributed by atoms with van der Waals surface area (Å²) in [4.78, 5) is 22.3. The lowest BCUT2D eigenvalue weighted by molar-refractivity contribution is -0.118. The number of nitrogens with one attached hydrogen (secondary N) is 1. The monoisotopic (exact) mass is 251 g/mol. The van der Waals surface area contributed by atoms with Gasteiger partial charge >= 0.3 is 0 Å². The average molecular weight is 251 g/mol. The summed E-state index contributed by atoms with van der Waals surface area (Å²) in [5.41, 5.74) is 11.5. The van der Waals surface area contributed by atoms with Crippen molar-refractivity contribution in [3.8, 4) is 5.75 Å². The van der Waals surface area contributed by atoms with E-state index >= 15 is 0 Å². The molecule has 0 aliphatic heterocycles. The molecule has 1 rings (SSSR count). The zero-order valence-corrected chi connectivity index (χ0v) is 10.2. The van der Waals surface area contributed by atoms with E-state index in [1.807, 2.05) is 0 Å². The van der Waals surface area contributed by atoms with Gasteiger partial charge in [-0.3, -0.25) is 9.59 Å². The number of hydrogen-bond acceptors (Lipinski definition) is 4. The summed E-state index contributed by atoms with van der Waals surface area (Å²) in [6.07, 6.45) is 0.759. The predicted molar refractivity (Wildman–Crippen MR) is 68.2 cm³/mol. The van der Waals surface area contributed by atoms with E-state index in [4.69, 9.17) is 16.2 Å². The average Bonchev–Trinajstić information content (AvgIpc) is 2.33. The van der Waals surface area contributed by atoms with Crippen LogP contribution in [0.5, 0.6) is 5.75 Å². The number of methoxy groups -OCH3 is 1. The molecule has 1 aromatic rings. The fraction of sp³-hybridized carbons (Fsp3) is 0.333. The molecule has 0 saturated carbocycles. The summed E-state index contributed by atoms with van der Waals surface area (Å²) in [6, 6.07) is 4.84. The van der Waals surface area contributed by atoms with Gasteiger partial charge in [0.2, 0.25) is 5.91 Å². The normalized spacial score (nSPS) is 9.83. The van der Waals surface area contributed by atoms with Gasteiger partial charge in [0.15, 0.2) is 0 Å². The summed E-state index contributed by atoms with van der Waals surface area (Å²) >= 11 is 0. The maximum atomic E-state index is 11.8. The van der Waals surface area contributed by atoms with Crippen molar-refractivity contribution in [2.24, 2.45) is 5.73 Å². The van der Waals surface area contributed by atoms with Crippen LogP contribution in [-0.2, 0) is 4.79 Å². The third-order valence-corrected chi connectivity index (χ3v) is 2.39. The second-order valence-electron chi connectivity index (χ2n) is 3.78. The largest absolute Gasteiger partial charge is 0.497 e. The number of nitrogens with two attached hydrogens (primary N) is 2. The molecule has 6 nitrogen and oxygen atoms in total. The van der Waals surface area contributed by atoms with E-state index in [-0.39, 0.29) is 18.2 Å². The minimum Gasteiger partial charge on any atom is -0.497 e. The highest BCUT2D eigenvalue weighted by Crippen LogP contribution is 2.19. The number of carbonyl (C=O) groups excluding carboxylic acids is 2. The van der Waals surface area contributed by atoms with Crippen LogP contribution in [0.15, 0.2) is 18.2 Å². The zero-order valence-electron chi connectivity index (χ0n) is 10.2. The van der Waals surface area contributed by atoms with E-state index in [0.29, 0.717) is 30.0 Å². The number of nitrogen functional groups attached to an aromatic ring is 1. The summed E-state index contributed by atoms with van der Waals surface area (Å²) in [7, 11) is 1.53. The Hall–Kier alpha value is -2.24. The van der Waals surface area contributed by atoms with E-state index in [1.54, 1.807) is 18.2 Å². The summed E-state index contributed by atoms with van der Waals surface area (Å²) in [5.74, 6) is -0.0642. The molecule has 6 heteroatoms. The molecule has 0 fully saturated rings. The standard InChI is InChI=1S/C12H17N3O3/c1-18-8-4-5-9(10(13)7-8)12(17)15-6-2-3-11(14)16/h4-5,7H,2-3,6,13H2,1H3,(H2,14,16)(H,15,17). The Morgan fingerprint density at radius 2 is 2.11 bits per heavy atom. The van der Waals surface area contributed by atoms with Crippen molar-refractivity contribution in [2.75, 3.05) is 19.4 Å². The molecule has 0 spiro atoms. The first kappa shape index (κ1) is 13.8. The van der Waals surface area contributed by atoms with E-state index in [2.05, 4.69) is 5.32 Å². The first-order chi connectivity index (χ1) is 8.54. The van der Waals surface area contributed by atoms with Gasteiger partial charge in [-0.05, 0) is 18.6 Å². The number of ether oxygens (including phenoxy) is 1. The molecular formula is C12H17N3O3. The van der Waals surface area contributed by atoms with Gasteiger partial charge in [0.05, 0.1) is 12.7 Å². The van der Waals surface area contributed by atoms with Gasteiger partial charge < -0.3 is 21.5 Å². The lowest BCUT2D eigenvalue weighted by Gasteiger charge is -2.08. The highest BCUT2D eigenvalue weighted by atomic mass is 16.5. The van der Waals surface area contributed by atoms with Crippen LogP contribution in [0.2, 0.25) is 0 Å². The van der Waals surface area contributed by atoms with Gasteiger partial charge in [-0.2, -0.15) is 0 Å². The maximum absolute atomic E-state index is 11.8. The molecule has 98 valence electrons. The molecule has 0 atom stereocenters. The summed E-state index contributed by atoms with van der Waals surface area (Å²) in [6.45, 7) is 0.382. The van der Waals surface area contributed by atoms with Crippen LogP contribution in [0.4, 0.5) is 5.69 Å². The molecular weight excluding hydrogens is 234 g/mol. The van der Waals surface area contributed by atoms with Crippen LogP contribution in [0.25, 0.3) is 0 Å². The van der Waals surface area contributed by atoms with Gasteiger partial charge in [0.25, 0.3) is 5.91 Å². The Kier molecular flexibility index (Phi) is 4.98. The number of anilines is 1. The Bertz CT molecular complexity index is 446. The third-order valence-electron chi connectivity index (χ3n) is 2.39. The van der Waals surface area contributed by atoms with Gasteiger partial charge in [-0.1, -0.05) is 0 Å². The molecule has 1 aromatic carbocycles. The van der Waals surface area contributed by atoms with Crippen molar-refractivity contribution in [1.29, 1.82) is 0 Å². The lowest BCUT2D eigenvalue weighted by atomic mass is 10.1. The van der Waals surface area contributed by atoms with Crippen molar-refractivity contribution in [3.05, 3.63) is 23.8 Å². The second-order valence-corrected chi connectivity index (χ2v) is 3.78. The van der Waals surface area contributed by atoms with Crippen LogP contribution < -0.4 is 21.5 Å². The Morgan fingerprint density at radius 3 is 2.67 bits per heavy atom. The van der Waals surface area contributed by atoms with Crippen LogP contribution in [0.1, 0.15) is 23.2 Å². The lowest BCUT2D eigenvalue weighted by Crippen LogP contribution is -2.26. The predicted octanol–water partition coefficient (Wildman–Crippen LogP) is 0.273. The van der Waals surface area contributed by atoms with Crippen molar-refractivity contribution < 1.29 is 14.3 Å². The summed E-state index contributed by atoms with van der Waals surface area (Å²) < 4.78 is 4.99. The van der Waals surface area contributed by atoms with Crippen molar-refractivity contribution in [2.45, 2.75) is 12.8 Å². The number of amides is 2. The smallest absolute Gasteiger partial charge is 0.253 e. The highest BCUT2D eigenvalue weighted by Gasteiger charge is 2.09. The van der Waals surface area contributed by atoms with Crippen LogP contribution in [0.3, 0.4) is 0 Å². The number of carbonyl (C=O) groups is 2.